The highest BCUT2D eigenvalue weighted by Crippen LogP contribution is 2.22. The third kappa shape index (κ3) is 4.92. The molecule has 126 valence electrons. The van der Waals surface area contributed by atoms with Crippen LogP contribution >= 0.6 is 0 Å². The number of aromatic nitrogens is 1. The van der Waals surface area contributed by atoms with Gasteiger partial charge in [0.2, 0.25) is 5.91 Å². The molecule has 1 aliphatic heterocycles. The summed E-state index contributed by atoms with van der Waals surface area (Å²) in [7, 11) is 0. The van der Waals surface area contributed by atoms with E-state index in [0.717, 1.165) is 37.9 Å². The summed E-state index contributed by atoms with van der Waals surface area (Å²) >= 11 is 0. The fourth-order valence-corrected chi connectivity index (χ4v) is 3.50. The molecular formula is C21H26N2O. The molecule has 0 unspecified atom stereocenters. The number of nitrogens with zero attached hydrogens (tertiary/aromatic N) is 2. The molecule has 1 amide bonds. The van der Waals surface area contributed by atoms with Crippen molar-refractivity contribution in [1.82, 2.24) is 9.88 Å². The summed E-state index contributed by atoms with van der Waals surface area (Å²) in [5.74, 6) is 0.935. The van der Waals surface area contributed by atoms with Crippen molar-refractivity contribution in [2.24, 2.45) is 5.92 Å². The lowest BCUT2D eigenvalue weighted by atomic mass is 9.91. The molecule has 0 saturated carbocycles. The summed E-state index contributed by atoms with van der Waals surface area (Å²) < 4.78 is 0. The van der Waals surface area contributed by atoms with Crippen LogP contribution in [-0.4, -0.2) is 28.9 Å². The van der Waals surface area contributed by atoms with Crippen molar-refractivity contribution in [2.75, 3.05) is 13.1 Å². The van der Waals surface area contributed by atoms with Gasteiger partial charge in [-0.3, -0.25) is 9.78 Å². The summed E-state index contributed by atoms with van der Waals surface area (Å²) in [6.45, 7) is 1.85. The zero-order valence-electron chi connectivity index (χ0n) is 14.2. The first kappa shape index (κ1) is 16.7. The second-order valence-electron chi connectivity index (χ2n) is 6.73. The highest BCUT2D eigenvalue weighted by Gasteiger charge is 2.23. The Hall–Kier alpha value is -2.16. The smallest absolute Gasteiger partial charge is 0.222 e. The topological polar surface area (TPSA) is 33.2 Å². The lowest BCUT2D eigenvalue weighted by Crippen LogP contribution is -2.40. The number of carbonyl (C=O) groups excluding carboxylic acids is 1. The fourth-order valence-electron chi connectivity index (χ4n) is 3.50. The van der Waals surface area contributed by atoms with E-state index in [4.69, 9.17) is 0 Å². The van der Waals surface area contributed by atoms with E-state index in [-0.39, 0.29) is 0 Å². The number of piperidine rings is 1. The predicted octanol–water partition coefficient (Wildman–Crippen LogP) is 3.89. The number of amides is 1. The van der Waals surface area contributed by atoms with Gasteiger partial charge in [0.15, 0.2) is 0 Å². The maximum atomic E-state index is 12.5. The van der Waals surface area contributed by atoms with Crippen LogP contribution in [0.3, 0.4) is 0 Å². The molecule has 0 aliphatic carbocycles. The Morgan fingerprint density at radius 3 is 2.71 bits per heavy atom. The van der Waals surface area contributed by atoms with Gasteiger partial charge in [-0.25, -0.2) is 0 Å². The largest absolute Gasteiger partial charge is 0.342 e. The van der Waals surface area contributed by atoms with Crippen LogP contribution in [0.2, 0.25) is 0 Å². The molecule has 3 rings (SSSR count). The van der Waals surface area contributed by atoms with Gasteiger partial charge in [-0.05, 0) is 55.2 Å². The zero-order valence-corrected chi connectivity index (χ0v) is 14.2. The fraction of sp³-hybridized carbons (Fsp3) is 0.429. The lowest BCUT2D eigenvalue weighted by molar-refractivity contribution is -0.133. The summed E-state index contributed by atoms with van der Waals surface area (Å²) in [6, 6.07) is 14.6. The Bertz CT molecular complexity index is 627. The summed E-state index contributed by atoms with van der Waals surface area (Å²) in [4.78, 5) is 18.7. The van der Waals surface area contributed by atoms with E-state index in [2.05, 4.69) is 40.2 Å². The third-order valence-corrected chi connectivity index (χ3v) is 4.91. The summed E-state index contributed by atoms with van der Waals surface area (Å²) in [5, 5.41) is 0. The van der Waals surface area contributed by atoms with Gasteiger partial charge < -0.3 is 4.90 Å². The average Bonchev–Trinajstić information content (AvgIpc) is 2.66. The zero-order chi connectivity index (χ0) is 16.6. The van der Waals surface area contributed by atoms with E-state index in [9.17, 15) is 4.79 Å². The molecule has 24 heavy (non-hydrogen) atoms. The van der Waals surface area contributed by atoms with Gasteiger partial charge in [0, 0.05) is 31.9 Å². The molecule has 0 N–H and O–H groups in total. The molecule has 1 atom stereocenters. The molecule has 3 heteroatoms. The van der Waals surface area contributed by atoms with Crippen molar-refractivity contribution in [2.45, 2.75) is 38.5 Å². The highest BCUT2D eigenvalue weighted by atomic mass is 16.2. The molecule has 0 radical (unpaired) electrons. The van der Waals surface area contributed by atoms with Crippen LogP contribution in [0.4, 0.5) is 0 Å². The Kier molecular flexibility index (Phi) is 6.00. The maximum absolute atomic E-state index is 12.5. The Balaban J connectivity index is 1.45. The van der Waals surface area contributed by atoms with Gasteiger partial charge in [-0.1, -0.05) is 36.4 Å². The van der Waals surface area contributed by atoms with Gasteiger partial charge in [-0.15, -0.1) is 0 Å². The van der Waals surface area contributed by atoms with Crippen molar-refractivity contribution in [1.29, 1.82) is 0 Å². The first-order valence-electron chi connectivity index (χ1n) is 9.02. The van der Waals surface area contributed by atoms with Crippen LogP contribution in [0, 0.1) is 5.92 Å². The van der Waals surface area contributed by atoms with E-state index in [1.54, 1.807) is 6.20 Å². The number of hydrogen-bond donors (Lipinski definition) is 0. The molecule has 2 heterocycles. The SMILES string of the molecule is O=C(CCc1cccnc1)N1CCC[C@H](CCc2ccccc2)C1. The first-order valence-corrected chi connectivity index (χ1v) is 9.02. The summed E-state index contributed by atoms with van der Waals surface area (Å²) in [5.41, 5.74) is 2.54. The molecule has 1 fully saturated rings. The molecule has 1 aromatic heterocycles. The minimum atomic E-state index is 0.295. The Morgan fingerprint density at radius 2 is 1.92 bits per heavy atom. The summed E-state index contributed by atoms with van der Waals surface area (Å²) in [6.07, 6.45) is 9.69. The molecule has 0 spiro atoms. The van der Waals surface area contributed by atoms with E-state index >= 15 is 0 Å². The Labute approximate surface area is 144 Å². The van der Waals surface area contributed by atoms with Crippen molar-refractivity contribution in [3.8, 4) is 0 Å². The number of likely N-dealkylation sites (tertiary alicyclic amines) is 1. The maximum Gasteiger partial charge on any atom is 0.222 e. The minimum Gasteiger partial charge on any atom is -0.342 e. The molecule has 3 nitrogen and oxygen atoms in total. The number of carbonyl (C=O) groups is 1. The van der Waals surface area contributed by atoms with Crippen LogP contribution in [0.15, 0.2) is 54.9 Å². The standard InChI is InChI=1S/C21H26N2O/c24-21(13-12-19-8-4-14-22-16-19)23-15-5-9-20(17-23)11-10-18-6-2-1-3-7-18/h1-4,6-8,14,16,20H,5,9-13,15,17H2/t20-/m1/s1. The van der Waals surface area contributed by atoms with Crippen molar-refractivity contribution in [3.63, 3.8) is 0 Å². The van der Waals surface area contributed by atoms with Gasteiger partial charge in [-0.2, -0.15) is 0 Å². The highest BCUT2D eigenvalue weighted by molar-refractivity contribution is 5.76. The molecule has 2 aromatic rings. The number of benzene rings is 1. The number of aryl methyl sites for hydroxylation is 2. The monoisotopic (exact) mass is 322 g/mol. The molecule has 0 bridgehead atoms. The number of rotatable bonds is 6. The van der Waals surface area contributed by atoms with Crippen molar-refractivity contribution < 1.29 is 4.79 Å². The quantitative estimate of drug-likeness (QED) is 0.808. The van der Waals surface area contributed by atoms with Gasteiger partial charge in [0.25, 0.3) is 0 Å². The van der Waals surface area contributed by atoms with E-state index in [1.807, 2.05) is 18.3 Å². The third-order valence-electron chi connectivity index (χ3n) is 4.91. The van der Waals surface area contributed by atoms with Crippen LogP contribution in [0.1, 0.15) is 36.8 Å². The normalized spacial score (nSPS) is 17.7. The number of pyridine rings is 1. The molecule has 1 aromatic carbocycles. The molecular weight excluding hydrogens is 296 g/mol. The predicted molar refractivity (Wildman–Crippen MR) is 96.6 cm³/mol. The first-order chi connectivity index (χ1) is 11.8. The van der Waals surface area contributed by atoms with Crippen LogP contribution in [0.5, 0.6) is 0 Å². The second-order valence-corrected chi connectivity index (χ2v) is 6.73. The van der Waals surface area contributed by atoms with Crippen molar-refractivity contribution in [3.05, 3.63) is 66.0 Å². The molecule has 1 aliphatic rings. The van der Waals surface area contributed by atoms with Crippen LogP contribution in [-0.2, 0) is 17.6 Å². The van der Waals surface area contributed by atoms with Gasteiger partial charge >= 0.3 is 0 Å². The van der Waals surface area contributed by atoms with Crippen molar-refractivity contribution >= 4 is 5.91 Å². The Morgan fingerprint density at radius 1 is 1.08 bits per heavy atom. The van der Waals surface area contributed by atoms with Crippen LogP contribution in [0.25, 0.3) is 0 Å². The number of hydrogen-bond acceptors (Lipinski definition) is 2. The molecule has 1 saturated heterocycles. The van der Waals surface area contributed by atoms with Gasteiger partial charge in [0.1, 0.15) is 0 Å². The van der Waals surface area contributed by atoms with Crippen LogP contribution < -0.4 is 0 Å². The second kappa shape index (κ2) is 8.62. The van der Waals surface area contributed by atoms with E-state index < -0.39 is 0 Å². The lowest BCUT2D eigenvalue weighted by Gasteiger charge is -2.33. The van der Waals surface area contributed by atoms with Gasteiger partial charge in [0.05, 0.1) is 0 Å². The minimum absolute atomic E-state index is 0.295. The average molecular weight is 322 g/mol. The van der Waals surface area contributed by atoms with E-state index in [0.29, 0.717) is 18.2 Å². The van der Waals surface area contributed by atoms with E-state index in [1.165, 1.54) is 18.4 Å².